The van der Waals surface area contributed by atoms with Gasteiger partial charge in [0.05, 0.1) is 6.61 Å². The van der Waals surface area contributed by atoms with Crippen molar-refractivity contribution in [1.82, 2.24) is 5.32 Å². The summed E-state index contributed by atoms with van der Waals surface area (Å²) in [7, 11) is 2.04. The third kappa shape index (κ3) is 2.71. The molecule has 0 saturated heterocycles. The van der Waals surface area contributed by atoms with Gasteiger partial charge in [-0.1, -0.05) is 18.2 Å². The van der Waals surface area contributed by atoms with Crippen LogP contribution in [0.25, 0.3) is 0 Å². The van der Waals surface area contributed by atoms with Crippen molar-refractivity contribution in [2.24, 2.45) is 0 Å². The molecule has 0 spiro atoms. The number of rotatable bonds is 4. The number of hydrogen-bond acceptors (Lipinski definition) is 3. The number of fused-ring (bicyclic) bond motifs is 1. The monoisotopic (exact) mass is 337 g/mol. The molecule has 4 heteroatoms. The molecule has 2 nitrogen and oxygen atoms in total. The molecule has 2 heterocycles. The number of nitrogens with one attached hydrogen (secondary N) is 1. The van der Waals surface area contributed by atoms with E-state index in [0.29, 0.717) is 12.0 Å². The molecule has 100 valence electrons. The van der Waals surface area contributed by atoms with Gasteiger partial charge in [0.25, 0.3) is 0 Å². The van der Waals surface area contributed by atoms with E-state index in [1.165, 1.54) is 14.9 Å². The molecule has 0 amide bonds. The van der Waals surface area contributed by atoms with Crippen molar-refractivity contribution in [2.75, 3.05) is 13.7 Å². The highest BCUT2D eigenvalue weighted by Crippen LogP contribution is 2.36. The Labute approximate surface area is 125 Å². The fourth-order valence-corrected chi connectivity index (χ4v) is 4.15. The summed E-state index contributed by atoms with van der Waals surface area (Å²) >= 11 is 5.32. The van der Waals surface area contributed by atoms with Crippen LogP contribution in [-0.2, 0) is 6.42 Å². The molecule has 2 atom stereocenters. The lowest BCUT2D eigenvalue weighted by molar-refractivity contribution is 0.302. The van der Waals surface area contributed by atoms with Crippen molar-refractivity contribution in [1.29, 1.82) is 0 Å². The minimum absolute atomic E-state index is 0.411. The fourth-order valence-electron chi connectivity index (χ4n) is 2.64. The topological polar surface area (TPSA) is 21.3 Å². The first-order valence-electron chi connectivity index (χ1n) is 6.40. The van der Waals surface area contributed by atoms with Crippen LogP contribution in [-0.4, -0.2) is 19.7 Å². The Bertz CT molecular complexity index is 569. The molecule has 1 aromatic heterocycles. The van der Waals surface area contributed by atoms with Crippen LogP contribution in [0.2, 0.25) is 0 Å². The average Bonchev–Trinajstić information content (AvgIpc) is 3.02. The molecule has 1 aromatic carbocycles. The van der Waals surface area contributed by atoms with Gasteiger partial charge in [0.15, 0.2) is 0 Å². The quantitative estimate of drug-likeness (QED) is 0.915. The van der Waals surface area contributed by atoms with Crippen molar-refractivity contribution in [3.05, 3.63) is 50.6 Å². The lowest BCUT2D eigenvalue weighted by atomic mass is 9.91. The van der Waals surface area contributed by atoms with Crippen LogP contribution in [0.4, 0.5) is 0 Å². The Morgan fingerprint density at radius 3 is 3.05 bits per heavy atom. The molecule has 0 saturated carbocycles. The van der Waals surface area contributed by atoms with Gasteiger partial charge in [0, 0.05) is 32.3 Å². The number of para-hydroxylation sites is 1. The lowest BCUT2D eigenvalue weighted by Gasteiger charge is -2.21. The van der Waals surface area contributed by atoms with E-state index >= 15 is 0 Å². The predicted molar refractivity (Wildman–Crippen MR) is 83.2 cm³/mol. The molecule has 2 unspecified atom stereocenters. The molecular formula is C15H16BrNOS. The Morgan fingerprint density at radius 1 is 1.47 bits per heavy atom. The fraction of sp³-hybridized carbons (Fsp3) is 0.333. The zero-order chi connectivity index (χ0) is 13.2. The number of ether oxygens (including phenoxy) is 1. The minimum Gasteiger partial charge on any atom is -0.493 e. The Hall–Kier alpha value is -0.840. The van der Waals surface area contributed by atoms with Crippen LogP contribution in [0.3, 0.4) is 0 Å². The number of benzene rings is 1. The molecule has 1 aliphatic rings. The van der Waals surface area contributed by atoms with Crippen molar-refractivity contribution in [3.63, 3.8) is 0 Å². The largest absolute Gasteiger partial charge is 0.493 e. The van der Waals surface area contributed by atoms with Crippen molar-refractivity contribution in [3.8, 4) is 5.75 Å². The summed E-state index contributed by atoms with van der Waals surface area (Å²) < 4.78 is 6.96. The Balaban J connectivity index is 1.80. The first-order valence-corrected chi connectivity index (χ1v) is 8.07. The summed E-state index contributed by atoms with van der Waals surface area (Å²) in [5.74, 6) is 1.47. The molecule has 3 rings (SSSR count). The Kier molecular flexibility index (Phi) is 3.91. The van der Waals surface area contributed by atoms with Crippen LogP contribution < -0.4 is 10.1 Å². The van der Waals surface area contributed by atoms with Gasteiger partial charge >= 0.3 is 0 Å². The third-order valence-electron chi connectivity index (χ3n) is 3.64. The number of likely N-dealkylation sites (N-methyl/N-ethyl adjacent to an activating group) is 1. The van der Waals surface area contributed by atoms with E-state index in [-0.39, 0.29) is 0 Å². The van der Waals surface area contributed by atoms with E-state index in [0.717, 1.165) is 18.8 Å². The maximum Gasteiger partial charge on any atom is 0.122 e. The zero-order valence-electron chi connectivity index (χ0n) is 10.7. The molecular weight excluding hydrogens is 322 g/mol. The van der Waals surface area contributed by atoms with E-state index in [4.69, 9.17) is 4.74 Å². The van der Waals surface area contributed by atoms with Gasteiger partial charge in [0.2, 0.25) is 0 Å². The molecule has 0 fully saturated rings. The molecule has 19 heavy (non-hydrogen) atoms. The molecule has 0 bridgehead atoms. The molecule has 0 aliphatic carbocycles. The van der Waals surface area contributed by atoms with Crippen LogP contribution in [0.15, 0.2) is 40.2 Å². The summed E-state index contributed by atoms with van der Waals surface area (Å²) in [6.07, 6.45) is 1.04. The lowest BCUT2D eigenvalue weighted by Crippen LogP contribution is -2.34. The van der Waals surface area contributed by atoms with E-state index in [1.54, 1.807) is 11.3 Å². The van der Waals surface area contributed by atoms with Crippen molar-refractivity contribution in [2.45, 2.75) is 18.4 Å². The van der Waals surface area contributed by atoms with Gasteiger partial charge in [-0.2, -0.15) is 0 Å². The first-order chi connectivity index (χ1) is 9.28. The van der Waals surface area contributed by atoms with Crippen LogP contribution in [0, 0.1) is 0 Å². The second kappa shape index (κ2) is 5.65. The number of halogens is 1. The summed E-state index contributed by atoms with van der Waals surface area (Å²) in [5, 5.41) is 5.59. The molecule has 0 radical (unpaired) electrons. The second-order valence-corrected chi connectivity index (χ2v) is 6.70. The summed E-state index contributed by atoms with van der Waals surface area (Å²) in [6.45, 7) is 0.775. The minimum atomic E-state index is 0.411. The maximum atomic E-state index is 5.79. The van der Waals surface area contributed by atoms with Gasteiger partial charge in [0.1, 0.15) is 5.75 Å². The predicted octanol–water partition coefficient (Wildman–Crippen LogP) is 3.82. The third-order valence-corrected chi connectivity index (χ3v) is 5.36. The SMILES string of the molecule is CNC(Cc1cc(Br)cs1)C1COc2ccccc21. The van der Waals surface area contributed by atoms with Crippen molar-refractivity contribution >= 4 is 27.3 Å². The van der Waals surface area contributed by atoms with Crippen LogP contribution in [0.5, 0.6) is 5.75 Å². The van der Waals surface area contributed by atoms with Crippen LogP contribution >= 0.6 is 27.3 Å². The van der Waals surface area contributed by atoms with Gasteiger partial charge < -0.3 is 10.1 Å². The number of thiophene rings is 1. The highest BCUT2D eigenvalue weighted by Gasteiger charge is 2.30. The summed E-state index contributed by atoms with van der Waals surface area (Å²) in [4.78, 5) is 1.40. The second-order valence-electron chi connectivity index (χ2n) is 4.79. The highest BCUT2D eigenvalue weighted by molar-refractivity contribution is 9.10. The van der Waals surface area contributed by atoms with E-state index in [9.17, 15) is 0 Å². The van der Waals surface area contributed by atoms with Gasteiger partial charge in [-0.05, 0) is 41.5 Å². The smallest absolute Gasteiger partial charge is 0.122 e. The molecule has 1 N–H and O–H groups in total. The zero-order valence-corrected chi connectivity index (χ0v) is 13.1. The van der Waals surface area contributed by atoms with Gasteiger partial charge in [-0.25, -0.2) is 0 Å². The van der Waals surface area contributed by atoms with Crippen LogP contribution in [0.1, 0.15) is 16.4 Å². The summed E-state index contributed by atoms with van der Waals surface area (Å²) in [5.41, 5.74) is 1.33. The molecule has 2 aromatic rings. The number of hydrogen-bond donors (Lipinski definition) is 1. The first kappa shape index (κ1) is 13.2. The summed E-state index contributed by atoms with van der Waals surface area (Å²) in [6, 6.07) is 11.0. The van der Waals surface area contributed by atoms with E-state index in [1.807, 2.05) is 13.1 Å². The maximum absolute atomic E-state index is 5.79. The average molecular weight is 338 g/mol. The highest BCUT2D eigenvalue weighted by atomic mass is 79.9. The van der Waals surface area contributed by atoms with E-state index < -0.39 is 0 Å². The van der Waals surface area contributed by atoms with Crippen molar-refractivity contribution < 1.29 is 4.74 Å². The van der Waals surface area contributed by atoms with Gasteiger partial charge in [-0.15, -0.1) is 11.3 Å². The Morgan fingerprint density at radius 2 is 2.32 bits per heavy atom. The molecule has 1 aliphatic heterocycles. The normalized spacial score (nSPS) is 18.9. The standard InChI is InChI=1S/C15H16BrNOS/c1-17-14(7-11-6-10(16)9-19-11)13-8-18-15-5-3-2-4-12(13)15/h2-6,9,13-14,17H,7-8H2,1H3. The van der Waals surface area contributed by atoms with Gasteiger partial charge in [-0.3, -0.25) is 0 Å². The van der Waals surface area contributed by atoms with E-state index in [2.05, 4.69) is 50.9 Å².